The predicted octanol–water partition coefficient (Wildman–Crippen LogP) is 22.5. The van der Waals surface area contributed by atoms with Crippen LogP contribution in [0.2, 0.25) is 0 Å². The third-order valence-corrected chi connectivity index (χ3v) is 18.1. The van der Waals surface area contributed by atoms with E-state index in [4.69, 9.17) is 32.3 Å². The average Bonchev–Trinajstić information content (AvgIpc) is 1.44. The zero-order valence-electron chi connectivity index (χ0n) is 62.1. The van der Waals surface area contributed by atoms with E-state index in [2.05, 4.69) is 142 Å². The molecule has 4 N–H and O–H groups in total. The van der Waals surface area contributed by atoms with Crippen LogP contribution in [0.15, 0.2) is 122 Å². The highest BCUT2D eigenvalue weighted by Gasteiger charge is 2.29. The Balaban J connectivity index is 4.60. The molecule has 0 radical (unpaired) electrons. The SMILES string of the molecule is CC/C=C\C/C=C\C/C=C\C/C=C\C/C=C\C/C=C\CCCCCCCCCCC(=O)OCC(O)COP(=O)(O)OCC(O)COP(=O)(O)OCC(COC(=O)CCCCCCC/C=C\C/C=C\C/C=C\C/C=C\CCCCC)OC(=O)CCCCCCCCCCCCCCCCC. The minimum absolute atomic E-state index is 0.102. The highest BCUT2D eigenvalue weighted by Crippen LogP contribution is 2.45. The number of esters is 3. The van der Waals surface area contributed by atoms with Crippen molar-refractivity contribution < 1.29 is 75.8 Å². The molecule has 0 aliphatic rings. The average molecular weight is 1430 g/mol. The second-order valence-corrected chi connectivity index (χ2v) is 28.7. The van der Waals surface area contributed by atoms with Crippen molar-refractivity contribution in [3.63, 3.8) is 0 Å². The molecule has 0 aliphatic carbocycles. The maximum atomic E-state index is 13.0. The second-order valence-electron chi connectivity index (χ2n) is 25.8. The summed E-state index contributed by atoms with van der Waals surface area (Å²) >= 11 is 0. The van der Waals surface area contributed by atoms with Crippen molar-refractivity contribution >= 4 is 33.6 Å². The number of allylic oxidation sites excluding steroid dienone is 20. The van der Waals surface area contributed by atoms with Crippen LogP contribution in [-0.2, 0) is 55.8 Å². The first-order chi connectivity index (χ1) is 48.2. The zero-order valence-corrected chi connectivity index (χ0v) is 63.9. The first-order valence-corrected chi connectivity index (χ1v) is 41.8. The number of phosphoric ester groups is 2. The van der Waals surface area contributed by atoms with Gasteiger partial charge in [-0.15, -0.1) is 0 Å². The van der Waals surface area contributed by atoms with Gasteiger partial charge in [-0.05, 0) is 116 Å². The first kappa shape index (κ1) is 94.9. The molecule has 0 rings (SSSR count). The molecule has 0 spiro atoms. The standard InChI is InChI=1S/C81H140O16P2/c1-4-7-10-13-16-19-22-25-28-30-32-34-35-36-37-38-39-41-43-44-47-49-52-55-58-61-64-67-79(84)91-70-76(82)71-93-98(87,88)94-72-77(83)73-95-99(89,90)96-75-78(97-81(86)69-66-63-60-57-54-51-46-27-24-21-18-15-12-9-6-3)74-92-80(85)68-65-62-59-56-53-50-48-45-42-40-33-31-29-26-23-20-17-14-11-8-5-2/h7,10,16-17,19-20,25-26,28-29,32-34,36-37,39-41,45,48,76-78,82-83H,4-6,8-9,11-15,18,21-24,27,30-31,35,38,42-44,46-47,49-75H2,1-3H3,(H,87,88)(H,89,90)/b10-7-,19-16-,20-17-,28-25-,29-26-,34-32-,37-36-,40-33-,41-39-,48-45-. The lowest BCUT2D eigenvalue weighted by atomic mass is 10.0. The molecule has 0 saturated carbocycles. The third kappa shape index (κ3) is 74.9. The number of aliphatic hydroxyl groups excluding tert-OH is 2. The lowest BCUT2D eigenvalue weighted by Crippen LogP contribution is -2.30. The molecule has 18 heteroatoms. The van der Waals surface area contributed by atoms with E-state index in [1.54, 1.807) is 0 Å². The van der Waals surface area contributed by atoms with Gasteiger partial charge >= 0.3 is 33.6 Å². The summed E-state index contributed by atoms with van der Waals surface area (Å²) in [5, 5.41) is 20.6. The summed E-state index contributed by atoms with van der Waals surface area (Å²) in [4.78, 5) is 58.6. The maximum absolute atomic E-state index is 13.0. The number of ether oxygens (including phenoxy) is 3. The fraction of sp³-hybridized carbons (Fsp3) is 0.716. The van der Waals surface area contributed by atoms with Gasteiger partial charge in [0.2, 0.25) is 0 Å². The number of phosphoric acid groups is 2. The van der Waals surface area contributed by atoms with Crippen molar-refractivity contribution in [2.24, 2.45) is 0 Å². The summed E-state index contributed by atoms with van der Waals surface area (Å²) in [6, 6.07) is 0. The summed E-state index contributed by atoms with van der Waals surface area (Å²) in [5.41, 5.74) is 0. The minimum atomic E-state index is -4.93. The van der Waals surface area contributed by atoms with Gasteiger partial charge in [-0.3, -0.25) is 32.5 Å². The monoisotopic (exact) mass is 1430 g/mol. The van der Waals surface area contributed by atoms with Crippen molar-refractivity contribution in [1.82, 2.24) is 0 Å². The number of rotatable bonds is 73. The van der Waals surface area contributed by atoms with Crippen molar-refractivity contribution in [3.05, 3.63) is 122 Å². The van der Waals surface area contributed by atoms with E-state index in [9.17, 15) is 43.5 Å². The molecule has 0 amide bonds. The van der Waals surface area contributed by atoms with E-state index in [-0.39, 0.29) is 19.3 Å². The Hall–Kier alpha value is -4.05. The van der Waals surface area contributed by atoms with E-state index < -0.39 is 91.5 Å². The van der Waals surface area contributed by atoms with Gasteiger partial charge in [-0.1, -0.05) is 303 Å². The Kier molecular flexibility index (Phi) is 70.7. The van der Waals surface area contributed by atoms with Crippen LogP contribution in [0, 0.1) is 0 Å². The van der Waals surface area contributed by atoms with Gasteiger partial charge in [-0.25, -0.2) is 9.13 Å². The topological polar surface area (TPSA) is 231 Å². The van der Waals surface area contributed by atoms with Crippen LogP contribution in [-0.4, -0.2) is 95.9 Å². The second kappa shape index (κ2) is 73.7. The lowest BCUT2D eigenvalue weighted by Gasteiger charge is -2.21. The van der Waals surface area contributed by atoms with E-state index >= 15 is 0 Å². The van der Waals surface area contributed by atoms with Crippen molar-refractivity contribution in [3.8, 4) is 0 Å². The van der Waals surface area contributed by atoms with Crippen LogP contribution < -0.4 is 0 Å². The number of carbonyl (C=O) groups excluding carboxylic acids is 3. The summed E-state index contributed by atoms with van der Waals surface area (Å²) in [7, 11) is -9.79. The highest BCUT2D eigenvalue weighted by molar-refractivity contribution is 7.47. The Morgan fingerprint density at radius 3 is 0.869 bits per heavy atom. The van der Waals surface area contributed by atoms with Gasteiger partial charge in [0.15, 0.2) is 6.10 Å². The molecule has 0 aliphatic heterocycles. The molecule has 0 heterocycles. The molecular formula is C81H140O16P2. The molecular weight excluding hydrogens is 1290 g/mol. The van der Waals surface area contributed by atoms with Crippen LogP contribution in [0.1, 0.15) is 316 Å². The maximum Gasteiger partial charge on any atom is 0.472 e. The Morgan fingerprint density at radius 1 is 0.293 bits per heavy atom. The Bertz CT molecular complexity index is 2290. The first-order valence-electron chi connectivity index (χ1n) is 38.8. The Labute approximate surface area is 602 Å². The minimum Gasteiger partial charge on any atom is -0.463 e. The summed E-state index contributed by atoms with van der Waals surface area (Å²) in [5.74, 6) is -1.59. The van der Waals surface area contributed by atoms with Gasteiger partial charge in [-0.2, -0.15) is 0 Å². The molecule has 0 aromatic carbocycles. The Morgan fingerprint density at radius 2 is 0.535 bits per heavy atom. The molecule has 0 saturated heterocycles. The summed E-state index contributed by atoms with van der Waals surface area (Å²) in [6.07, 6.45) is 86.6. The normalized spacial score (nSPS) is 14.7. The summed E-state index contributed by atoms with van der Waals surface area (Å²) in [6.45, 7) is 2.53. The highest BCUT2D eigenvalue weighted by atomic mass is 31.2. The predicted molar refractivity (Wildman–Crippen MR) is 408 cm³/mol. The molecule has 0 bridgehead atoms. The molecule has 5 atom stereocenters. The lowest BCUT2D eigenvalue weighted by molar-refractivity contribution is -0.161. The quantitative estimate of drug-likeness (QED) is 0.0146. The molecule has 5 unspecified atom stereocenters. The van der Waals surface area contributed by atoms with Gasteiger partial charge in [0, 0.05) is 19.3 Å². The fourth-order valence-electron chi connectivity index (χ4n) is 10.3. The number of carbonyl (C=O) groups is 3. The third-order valence-electron chi connectivity index (χ3n) is 16.2. The van der Waals surface area contributed by atoms with Crippen LogP contribution in [0.4, 0.5) is 0 Å². The van der Waals surface area contributed by atoms with Crippen molar-refractivity contribution in [2.45, 2.75) is 334 Å². The number of hydrogen-bond acceptors (Lipinski definition) is 14. The molecule has 0 aromatic heterocycles. The van der Waals surface area contributed by atoms with Crippen LogP contribution in [0.25, 0.3) is 0 Å². The molecule has 16 nitrogen and oxygen atoms in total. The molecule has 0 aromatic rings. The molecule has 99 heavy (non-hydrogen) atoms. The van der Waals surface area contributed by atoms with Crippen LogP contribution in [0.3, 0.4) is 0 Å². The number of hydrogen-bond donors (Lipinski definition) is 4. The number of aliphatic hydroxyl groups is 2. The van der Waals surface area contributed by atoms with Gasteiger partial charge in [0.1, 0.15) is 25.4 Å². The number of unbranched alkanes of at least 4 members (excludes halogenated alkanes) is 30. The fourth-order valence-corrected chi connectivity index (χ4v) is 11.8. The van der Waals surface area contributed by atoms with Gasteiger partial charge in [0.25, 0.3) is 0 Å². The van der Waals surface area contributed by atoms with Gasteiger partial charge < -0.3 is 34.2 Å². The van der Waals surface area contributed by atoms with E-state index in [0.29, 0.717) is 19.3 Å². The smallest absolute Gasteiger partial charge is 0.463 e. The van der Waals surface area contributed by atoms with Gasteiger partial charge in [0.05, 0.1) is 26.4 Å². The van der Waals surface area contributed by atoms with Crippen molar-refractivity contribution in [2.75, 3.05) is 39.6 Å². The van der Waals surface area contributed by atoms with E-state index in [1.807, 2.05) is 0 Å². The van der Waals surface area contributed by atoms with E-state index in [1.165, 1.54) is 109 Å². The largest absolute Gasteiger partial charge is 0.472 e. The molecule has 0 fully saturated rings. The molecule has 570 valence electrons. The zero-order chi connectivity index (χ0) is 72.3. The van der Waals surface area contributed by atoms with Crippen molar-refractivity contribution in [1.29, 1.82) is 0 Å². The van der Waals surface area contributed by atoms with Crippen LogP contribution >= 0.6 is 15.6 Å². The van der Waals surface area contributed by atoms with Crippen LogP contribution in [0.5, 0.6) is 0 Å². The summed E-state index contributed by atoms with van der Waals surface area (Å²) < 4.78 is 61.1. The van der Waals surface area contributed by atoms with E-state index in [0.717, 1.165) is 148 Å².